The highest BCUT2D eigenvalue weighted by molar-refractivity contribution is 9.10. The van der Waals surface area contributed by atoms with E-state index in [1.165, 1.54) is 0 Å². The average molecular weight is 349 g/mol. The van der Waals surface area contributed by atoms with Crippen molar-refractivity contribution in [3.05, 3.63) is 52.3 Å². The van der Waals surface area contributed by atoms with Crippen LogP contribution in [-0.2, 0) is 0 Å². The number of amides is 1. The number of hydrogen-bond donors (Lipinski definition) is 2. The lowest BCUT2D eigenvalue weighted by Gasteiger charge is -2.24. The maximum Gasteiger partial charge on any atom is 0.275 e. The van der Waals surface area contributed by atoms with E-state index in [-0.39, 0.29) is 5.91 Å². The van der Waals surface area contributed by atoms with Gasteiger partial charge in [0.2, 0.25) is 0 Å². The number of aliphatic hydroxyl groups excluding tert-OH is 1. The van der Waals surface area contributed by atoms with Crippen LogP contribution in [0.1, 0.15) is 28.6 Å². The Balaban J connectivity index is 1.91. The van der Waals surface area contributed by atoms with Gasteiger partial charge in [-0.3, -0.25) is 4.79 Å². The lowest BCUT2D eigenvalue weighted by Crippen LogP contribution is -2.19. The number of hydrogen-bond acceptors (Lipinski definition) is 4. The highest BCUT2D eigenvalue weighted by atomic mass is 79.9. The van der Waals surface area contributed by atoms with Crippen LogP contribution in [0.5, 0.6) is 5.75 Å². The SMILES string of the molecule is O=C(Nc1cccc2c1OCC[C@@H]2O)c1ncccc1Br. The standard InChI is InChI=1S/C15H13BrN2O3/c16-10-4-2-7-17-13(10)15(20)18-11-5-1-3-9-12(19)6-8-21-14(9)11/h1-5,7,12,19H,6,8H2,(H,18,20)/t12-/m0/s1. The van der Waals surface area contributed by atoms with Gasteiger partial charge >= 0.3 is 0 Å². The number of halogens is 1. The summed E-state index contributed by atoms with van der Waals surface area (Å²) in [5, 5.41) is 12.7. The van der Waals surface area contributed by atoms with E-state index in [2.05, 4.69) is 26.2 Å². The molecular weight excluding hydrogens is 336 g/mol. The number of benzene rings is 1. The number of pyridine rings is 1. The van der Waals surface area contributed by atoms with E-state index in [0.29, 0.717) is 40.2 Å². The van der Waals surface area contributed by atoms with Gasteiger partial charge in [-0.2, -0.15) is 0 Å². The third-order valence-electron chi connectivity index (χ3n) is 3.26. The second-order valence-electron chi connectivity index (χ2n) is 4.66. The number of nitrogens with one attached hydrogen (secondary N) is 1. The summed E-state index contributed by atoms with van der Waals surface area (Å²) in [6.45, 7) is 0.425. The van der Waals surface area contributed by atoms with E-state index in [1.807, 2.05) is 0 Å². The molecule has 2 aromatic rings. The van der Waals surface area contributed by atoms with Crippen LogP contribution in [0, 0.1) is 0 Å². The first-order chi connectivity index (χ1) is 10.2. The predicted octanol–water partition coefficient (Wildman–Crippen LogP) is 2.91. The summed E-state index contributed by atoms with van der Waals surface area (Å²) < 4.78 is 6.20. The zero-order valence-corrected chi connectivity index (χ0v) is 12.6. The largest absolute Gasteiger partial charge is 0.491 e. The molecule has 0 fully saturated rings. The molecule has 6 heteroatoms. The molecule has 5 nitrogen and oxygen atoms in total. The molecule has 0 radical (unpaired) electrons. The van der Waals surface area contributed by atoms with Crippen molar-refractivity contribution in [2.24, 2.45) is 0 Å². The minimum absolute atomic E-state index is 0.298. The fourth-order valence-corrected chi connectivity index (χ4v) is 2.67. The number of carbonyl (C=O) groups is 1. The zero-order valence-electron chi connectivity index (χ0n) is 11.0. The first-order valence-electron chi connectivity index (χ1n) is 6.52. The average Bonchev–Trinajstić information content (AvgIpc) is 2.49. The second-order valence-corrected chi connectivity index (χ2v) is 5.52. The highest BCUT2D eigenvalue weighted by Crippen LogP contribution is 2.38. The smallest absolute Gasteiger partial charge is 0.275 e. The molecule has 2 heterocycles. The van der Waals surface area contributed by atoms with Gasteiger partial charge in [0.1, 0.15) is 11.4 Å². The lowest BCUT2D eigenvalue weighted by atomic mass is 10.0. The van der Waals surface area contributed by atoms with Crippen LogP contribution in [0.3, 0.4) is 0 Å². The van der Waals surface area contributed by atoms with Crippen LogP contribution in [0.2, 0.25) is 0 Å². The van der Waals surface area contributed by atoms with Gasteiger partial charge in [-0.1, -0.05) is 12.1 Å². The minimum atomic E-state index is -0.563. The molecule has 0 bridgehead atoms. The van der Waals surface area contributed by atoms with Crippen LogP contribution in [0.4, 0.5) is 5.69 Å². The fourth-order valence-electron chi connectivity index (χ4n) is 2.24. The summed E-state index contributed by atoms with van der Waals surface area (Å²) in [5.41, 5.74) is 1.53. The van der Waals surface area contributed by atoms with E-state index in [1.54, 1.807) is 36.5 Å². The predicted molar refractivity (Wildman–Crippen MR) is 81.4 cm³/mol. The van der Waals surface area contributed by atoms with Crippen molar-refractivity contribution in [3.8, 4) is 5.75 Å². The third kappa shape index (κ3) is 2.77. The first kappa shape index (κ1) is 14.0. The van der Waals surface area contributed by atoms with E-state index >= 15 is 0 Å². The Morgan fingerprint density at radius 1 is 1.38 bits per heavy atom. The van der Waals surface area contributed by atoms with Gasteiger partial charge in [0, 0.05) is 22.7 Å². The summed E-state index contributed by atoms with van der Waals surface area (Å²) in [4.78, 5) is 16.3. The molecule has 1 aliphatic rings. The lowest BCUT2D eigenvalue weighted by molar-refractivity contribution is 0.101. The monoisotopic (exact) mass is 348 g/mol. The number of nitrogens with zero attached hydrogens (tertiary/aromatic N) is 1. The Bertz CT molecular complexity index is 690. The maximum absolute atomic E-state index is 12.3. The van der Waals surface area contributed by atoms with Gasteiger partial charge in [-0.15, -0.1) is 0 Å². The number of anilines is 1. The molecule has 3 rings (SSSR count). The van der Waals surface area contributed by atoms with Gasteiger partial charge < -0.3 is 15.2 Å². The molecular formula is C15H13BrN2O3. The number of carbonyl (C=O) groups excluding carboxylic acids is 1. The number of para-hydroxylation sites is 1. The Morgan fingerprint density at radius 2 is 2.24 bits per heavy atom. The summed E-state index contributed by atoms with van der Waals surface area (Å²) in [6.07, 6.45) is 1.54. The number of fused-ring (bicyclic) bond motifs is 1. The Hall–Kier alpha value is -1.92. The van der Waals surface area contributed by atoms with Gasteiger partial charge in [0.25, 0.3) is 5.91 Å². The highest BCUT2D eigenvalue weighted by Gasteiger charge is 2.23. The topological polar surface area (TPSA) is 71.5 Å². The molecule has 0 saturated heterocycles. The van der Waals surface area contributed by atoms with Crippen LogP contribution >= 0.6 is 15.9 Å². The summed E-state index contributed by atoms with van der Waals surface area (Å²) in [5.74, 6) is 0.191. The minimum Gasteiger partial charge on any atom is -0.491 e. The van der Waals surface area contributed by atoms with E-state index in [0.717, 1.165) is 0 Å². The molecule has 0 saturated carbocycles. The zero-order chi connectivity index (χ0) is 14.8. The van der Waals surface area contributed by atoms with Crippen molar-refractivity contribution in [3.63, 3.8) is 0 Å². The molecule has 1 atom stereocenters. The molecule has 0 unspecified atom stereocenters. The van der Waals surface area contributed by atoms with Gasteiger partial charge in [-0.05, 0) is 34.1 Å². The summed E-state index contributed by atoms with van der Waals surface area (Å²) >= 11 is 3.30. The molecule has 21 heavy (non-hydrogen) atoms. The quantitative estimate of drug-likeness (QED) is 0.875. The van der Waals surface area contributed by atoms with Crippen molar-refractivity contribution in [2.45, 2.75) is 12.5 Å². The van der Waals surface area contributed by atoms with Crippen LogP contribution in [-0.4, -0.2) is 22.6 Å². The molecule has 108 valence electrons. The normalized spacial score (nSPS) is 16.8. The van der Waals surface area contributed by atoms with E-state index in [9.17, 15) is 9.90 Å². The van der Waals surface area contributed by atoms with E-state index < -0.39 is 6.10 Å². The molecule has 2 N–H and O–H groups in total. The van der Waals surface area contributed by atoms with Crippen LogP contribution in [0.15, 0.2) is 41.0 Å². The molecule has 0 aliphatic carbocycles. The molecule has 0 spiro atoms. The number of aliphatic hydroxyl groups is 1. The van der Waals surface area contributed by atoms with Crippen molar-refractivity contribution in [1.29, 1.82) is 0 Å². The number of rotatable bonds is 2. The van der Waals surface area contributed by atoms with Gasteiger partial charge in [-0.25, -0.2) is 4.98 Å². The molecule has 1 amide bonds. The third-order valence-corrected chi connectivity index (χ3v) is 3.90. The molecule has 1 aromatic carbocycles. The number of aromatic nitrogens is 1. The fraction of sp³-hybridized carbons (Fsp3) is 0.200. The van der Waals surface area contributed by atoms with Gasteiger partial charge in [0.05, 0.1) is 18.4 Å². The molecule has 1 aliphatic heterocycles. The van der Waals surface area contributed by atoms with Crippen LogP contribution in [0.25, 0.3) is 0 Å². The van der Waals surface area contributed by atoms with Crippen molar-refractivity contribution in [1.82, 2.24) is 4.98 Å². The van der Waals surface area contributed by atoms with E-state index in [4.69, 9.17) is 4.74 Å². The van der Waals surface area contributed by atoms with Crippen molar-refractivity contribution < 1.29 is 14.6 Å². The van der Waals surface area contributed by atoms with Gasteiger partial charge in [0.15, 0.2) is 0 Å². The second kappa shape index (κ2) is 5.83. The molecule has 1 aromatic heterocycles. The van der Waals surface area contributed by atoms with Crippen molar-refractivity contribution in [2.75, 3.05) is 11.9 Å². The van der Waals surface area contributed by atoms with Crippen molar-refractivity contribution >= 4 is 27.5 Å². The van der Waals surface area contributed by atoms with Crippen LogP contribution < -0.4 is 10.1 Å². The Labute approximate surface area is 130 Å². The Kier molecular flexibility index (Phi) is 3.90. The first-order valence-corrected chi connectivity index (χ1v) is 7.32. The summed E-state index contributed by atoms with van der Waals surface area (Å²) in [6, 6.07) is 8.81. The Morgan fingerprint density at radius 3 is 3.05 bits per heavy atom. The maximum atomic E-state index is 12.3. The number of ether oxygens (including phenoxy) is 1. The summed E-state index contributed by atoms with van der Waals surface area (Å²) in [7, 11) is 0.